The molecule has 1 amide bonds. The summed E-state index contributed by atoms with van der Waals surface area (Å²) in [6, 6.07) is 6.49. The third-order valence-corrected chi connectivity index (χ3v) is 4.01. The zero-order valence-corrected chi connectivity index (χ0v) is 13.1. The summed E-state index contributed by atoms with van der Waals surface area (Å²) in [5.74, 6) is 0.493. The summed E-state index contributed by atoms with van der Waals surface area (Å²) >= 11 is 1.59. The number of carbonyl (C=O) groups excluding carboxylic acids is 1. The summed E-state index contributed by atoms with van der Waals surface area (Å²) in [7, 11) is 0. The van der Waals surface area contributed by atoms with Crippen molar-refractivity contribution in [3.05, 3.63) is 42.0 Å². The van der Waals surface area contributed by atoms with Gasteiger partial charge >= 0.3 is 0 Å². The third-order valence-electron chi connectivity index (χ3n) is 2.86. The lowest BCUT2D eigenvalue weighted by Gasteiger charge is -2.20. The lowest BCUT2D eigenvalue weighted by Crippen LogP contribution is -2.24. The Morgan fingerprint density at radius 2 is 2.11 bits per heavy atom. The lowest BCUT2D eigenvalue weighted by atomic mass is 9.87. The molecule has 0 bridgehead atoms. The van der Waals surface area contributed by atoms with E-state index in [-0.39, 0.29) is 11.3 Å². The Hall–Kier alpha value is -1.22. The summed E-state index contributed by atoms with van der Waals surface area (Å²) in [4.78, 5) is 12.8. The van der Waals surface area contributed by atoms with Crippen LogP contribution in [0.25, 0.3) is 0 Å². The first kappa shape index (κ1) is 15.8. The fourth-order valence-corrected chi connectivity index (χ4v) is 2.50. The van der Waals surface area contributed by atoms with Gasteiger partial charge in [0.1, 0.15) is 0 Å². The van der Waals surface area contributed by atoms with Crippen LogP contribution in [0.3, 0.4) is 0 Å². The molecule has 0 atom stereocenters. The Bertz CT molecular complexity index is 460. The summed E-state index contributed by atoms with van der Waals surface area (Å²) < 4.78 is 0. The number of hydrogen-bond acceptors (Lipinski definition) is 2. The average molecular weight is 277 g/mol. The SMILES string of the molecule is C=CCNC(=O)CSc1cc(C(C)(C)C)ccc1C. The molecule has 0 saturated heterocycles. The molecule has 0 aliphatic rings. The Balaban J connectivity index is 2.72. The van der Waals surface area contributed by atoms with Gasteiger partial charge in [0.2, 0.25) is 5.91 Å². The van der Waals surface area contributed by atoms with E-state index >= 15 is 0 Å². The Morgan fingerprint density at radius 3 is 2.68 bits per heavy atom. The van der Waals surface area contributed by atoms with Crippen LogP contribution in [-0.4, -0.2) is 18.2 Å². The van der Waals surface area contributed by atoms with Crippen LogP contribution in [0.4, 0.5) is 0 Å². The zero-order chi connectivity index (χ0) is 14.5. The fraction of sp³-hybridized carbons (Fsp3) is 0.438. The highest BCUT2D eigenvalue weighted by Crippen LogP contribution is 2.29. The predicted molar refractivity (Wildman–Crippen MR) is 83.8 cm³/mol. The van der Waals surface area contributed by atoms with Crippen LogP contribution < -0.4 is 5.32 Å². The molecular formula is C16H23NOS. The van der Waals surface area contributed by atoms with Gasteiger partial charge in [0.25, 0.3) is 0 Å². The number of hydrogen-bond donors (Lipinski definition) is 1. The number of aryl methyl sites for hydroxylation is 1. The van der Waals surface area contributed by atoms with Crippen molar-refractivity contribution >= 4 is 17.7 Å². The quantitative estimate of drug-likeness (QED) is 0.657. The van der Waals surface area contributed by atoms with Crippen molar-refractivity contribution in [3.8, 4) is 0 Å². The van der Waals surface area contributed by atoms with Crippen LogP contribution >= 0.6 is 11.8 Å². The summed E-state index contributed by atoms with van der Waals surface area (Å²) in [6.45, 7) is 12.8. The van der Waals surface area contributed by atoms with E-state index in [0.29, 0.717) is 12.3 Å². The fourth-order valence-electron chi connectivity index (χ4n) is 1.60. The Kier molecular flexibility index (Phi) is 5.67. The van der Waals surface area contributed by atoms with Crippen molar-refractivity contribution in [2.75, 3.05) is 12.3 Å². The zero-order valence-electron chi connectivity index (χ0n) is 12.2. The number of benzene rings is 1. The molecule has 0 saturated carbocycles. The Labute approximate surface area is 120 Å². The second-order valence-electron chi connectivity index (χ2n) is 5.61. The van der Waals surface area contributed by atoms with Gasteiger partial charge in [-0.05, 0) is 29.5 Å². The van der Waals surface area contributed by atoms with Crippen LogP contribution in [0.2, 0.25) is 0 Å². The van der Waals surface area contributed by atoms with Crippen LogP contribution in [0.5, 0.6) is 0 Å². The lowest BCUT2D eigenvalue weighted by molar-refractivity contribution is -0.118. The maximum absolute atomic E-state index is 11.6. The molecule has 0 aromatic heterocycles. The van der Waals surface area contributed by atoms with Gasteiger partial charge in [-0.15, -0.1) is 18.3 Å². The van der Waals surface area contributed by atoms with Crippen LogP contribution in [0.1, 0.15) is 31.9 Å². The first-order chi connectivity index (χ1) is 8.84. The largest absolute Gasteiger partial charge is 0.352 e. The molecule has 1 aromatic rings. The molecule has 0 aliphatic heterocycles. The molecule has 2 nitrogen and oxygen atoms in total. The van der Waals surface area contributed by atoms with E-state index in [0.717, 1.165) is 0 Å². The molecule has 0 fully saturated rings. The van der Waals surface area contributed by atoms with E-state index in [9.17, 15) is 4.79 Å². The van der Waals surface area contributed by atoms with Gasteiger partial charge in [-0.2, -0.15) is 0 Å². The highest BCUT2D eigenvalue weighted by Gasteiger charge is 2.15. The summed E-state index contributed by atoms with van der Waals surface area (Å²) in [5, 5.41) is 2.79. The molecule has 0 radical (unpaired) electrons. The van der Waals surface area contributed by atoms with Crippen LogP contribution in [0, 0.1) is 6.92 Å². The number of amides is 1. The minimum absolute atomic E-state index is 0.0467. The molecule has 19 heavy (non-hydrogen) atoms. The summed E-state index contributed by atoms with van der Waals surface area (Å²) in [5.41, 5.74) is 2.65. The predicted octanol–water partition coefficient (Wildman–Crippen LogP) is 3.69. The molecule has 1 N–H and O–H groups in total. The maximum Gasteiger partial charge on any atom is 0.230 e. The number of rotatable bonds is 5. The minimum Gasteiger partial charge on any atom is -0.352 e. The van der Waals surface area contributed by atoms with Crippen molar-refractivity contribution in [2.24, 2.45) is 0 Å². The maximum atomic E-state index is 11.6. The van der Waals surface area contributed by atoms with Gasteiger partial charge in [0.15, 0.2) is 0 Å². The average Bonchev–Trinajstić information content (AvgIpc) is 2.33. The first-order valence-corrected chi connectivity index (χ1v) is 7.44. The van der Waals surface area contributed by atoms with Gasteiger partial charge in [-0.3, -0.25) is 4.79 Å². The van der Waals surface area contributed by atoms with Crippen molar-refractivity contribution in [3.63, 3.8) is 0 Å². The van der Waals surface area contributed by atoms with Crippen molar-refractivity contribution in [1.29, 1.82) is 0 Å². The first-order valence-electron chi connectivity index (χ1n) is 6.46. The molecule has 0 unspecified atom stereocenters. The van der Waals surface area contributed by atoms with E-state index in [2.05, 4.69) is 57.8 Å². The van der Waals surface area contributed by atoms with Crippen LogP contribution in [0.15, 0.2) is 35.7 Å². The summed E-state index contributed by atoms with van der Waals surface area (Å²) in [6.07, 6.45) is 1.69. The smallest absolute Gasteiger partial charge is 0.230 e. The van der Waals surface area contributed by atoms with Crippen molar-refractivity contribution in [2.45, 2.75) is 38.0 Å². The second kappa shape index (κ2) is 6.80. The van der Waals surface area contributed by atoms with Gasteiger partial charge < -0.3 is 5.32 Å². The molecular weight excluding hydrogens is 254 g/mol. The molecule has 1 aromatic carbocycles. The van der Waals surface area contributed by atoms with E-state index in [1.54, 1.807) is 17.8 Å². The van der Waals surface area contributed by atoms with Gasteiger partial charge in [-0.1, -0.05) is 39.0 Å². The topological polar surface area (TPSA) is 29.1 Å². The monoisotopic (exact) mass is 277 g/mol. The normalized spacial score (nSPS) is 11.2. The van der Waals surface area contributed by atoms with Gasteiger partial charge in [0.05, 0.1) is 5.75 Å². The minimum atomic E-state index is 0.0467. The molecule has 0 aliphatic carbocycles. The Morgan fingerprint density at radius 1 is 1.42 bits per heavy atom. The number of nitrogens with one attached hydrogen (secondary N) is 1. The van der Waals surface area contributed by atoms with Crippen molar-refractivity contribution in [1.82, 2.24) is 5.32 Å². The van der Waals surface area contributed by atoms with E-state index in [1.165, 1.54) is 16.0 Å². The molecule has 3 heteroatoms. The van der Waals surface area contributed by atoms with Crippen LogP contribution in [-0.2, 0) is 10.2 Å². The second-order valence-corrected chi connectivity index (χ2v) is 6.63. The molecule has 0 heterocycles. The van der Waals surface area contributed by atoms with E-state index < -0.39 is 0 Å². The molecule has 1 rings (SSSR count). The highest BCUT2D eigenvalue weighted by atomic mass is 32.2. The van der Waals surface area contributed by atoms with Crippen molar-refractivity contribution < 1.29 is 4.79 Å². The highest BCUT2D eigenvalue weighted by molar-refractivity contribution is 8.00. The van der Waals surface area contributed by atoms with E-state index in [4.69, 9.17) is 0 Å². The van der Waals surface area contributed by atoms with Gasteiger partial charge in [-0.25, -0.2) is 0 Å². The number of thioether (sulfide) groups is 1. The molecule has 0 spiro atoms. The third kappa shape index (κ3) is 5.11. The van der Waals surface area contributed by atoms with Gasteiger partial charge in [0, 0.05) is 11.4 Å². The molecule has 104 valence electrons. The van der Waals surface area contributed by atoms with E-state index in [1.807, 2.05) is 0 Å². The number of carbonyl (C=O) groups is 1. The standard InChI is InChI=1S/C16H23NOS/c1-6-9-17-15(18)11-19-14-10-13(16(3,4)5)8-7-12(14)2/h6-8,10H,1,9,11H2,2-5H3,(H,17,18).